The average molecular weight is 320 g/mol. The van der Waals surface area contributed by atoms with Crippen LogP contribution in [0.5, 0.6) is 0 Å². The number of carbonyl (C=O) groups excluding carboxylic acids is 1. The van der Waals surface area contributed by atoms with Crippen LogP contribution in [-0.4, -0.2) is 37.7 Å². The highest BCUT2D eigenvalue weighted by atomic mass is 35.5. The standard InChI is InChI=1S/C15H18ClN5O/c1-10-2-4-14(15(17)22)20(10)7-11-6-12(16)3-5-13(11)21-9-18-8-19-21/h3,5-6,8-10,14H,2,4,7H2,1H3,(H2,17,22)/t10?,14-/m0/s1. The number of amides is 1. The fourth-order valence-corrected chi connectivity index (χ4v) is 3.24. The minimum Gasteiger partial charge on any atom is -0.368 e. The van der Waals surface area contributed by atoms with Gasteiger partial charge in [0.15, 0.2) is 0 Å². The maximum atomic E-state index is 11.7. The van der Waals surface area contributed by atoms with Crippen molar-refractivity contribution in [2.24, 2.45) is 5.73 Å². The van der Waals surface area contributed by atoms with E-state index in [1.165, 1.54) is 6.33 Å². The van der Waals surface area contributed by atoms with Gasteiger partial charge in [-0.3, -0.25) is 9.69 Å². The fraction of sp³-hybridized carbons (Fsp3) is 0.400. The number of nitrogens with two attached hydrogens (primary N) is 1. The molecule has 0 radical (unpaired) electrons. The molecule has 2 N–H and O–H groups in total. The molecule has 22 heavy (non-hydrogen) atoms. The van der Waals surface area contributed by atoms with Crippen molar-refractivity contribution < 1.29 is 4.79 Å². The van der Waals surface area contributed by atoms with Gasteiger partial charge in [-0.05, 0) is 43.5 Å². The third-order valence-electron chi connectivity index (χ3n) is 4.21. The van der Waals surface area contributed by atoms with E-state index >= 15 is 0 Å². The summed E-state index contributed by atoms with van der Waals surface area (Å²) in [6, 6.07) is 5.72. The first-order valence-corrected chi connectivity index (χ1v) is 7.62. The predicted molar refractivity (Wildman–Crippen MR) is 83.6 cm³/mol. The monoisotopic (exact) mass is 319 g/mol. The van der Waals surface area contributed by atoms with Crippen molar-refractivity contribution in [3.63, 3.8) is 0 Å². The van der Waals surface area contributed by atoms with E-state index in [4.69, 9.17) is 17.3 Å². The molecule has 116 valence electrons. The van der Waals surface area contributed by atoms with Gasteiger partial charge in [-0.25, -0.2) is 9.67 Å². The van der Waals surface area contributed by atoms with Gasteiger partial charge in [0.05, 0.1) is 11.7 Å². The molecular formula is C15H18ClN5O. The molecule has 0 spiro atoms. The first-order valence-electron chi connectivity index (χ1n) is 7.24. The molecule has 0 bridgehead atoms. The van der Waals surface area contributed by atoms with Gasteiger partial charge >= 0.3 is 0 Å². The number of halogens is 1. The number of primary amides is 1. The van der Waals surface area contributed by atoms with Crippen LogP contribution in [0.4, 0.5) is 0 Å². The lowest BCUT2D eigenvalue weighted by molar-refractivity contribution is -0.122. The van der Waals surface area contributed by atoms with E-state index < -0.39 is 0 Å². The molecule has 0 saturated carbocycles. The van der Waals surface area contributed by atoms with Gasteiger partial charge < -0.3 is 5.73 Å². The van der Waals surface area contributed by atoms with Crippen LogP contribution in [-0.2, 0) is 11.3 Å². The Morgan fingerprint density at radius 1 is 1.45 bits per heavy atom. The highest BCUT2D eigenvalue weighted by Crippen LogP contribution is 2.28. The smallest absolute Gasteiger partial charge is 0.234 e. The number of carbonyl (C=O) groups is 1. The lowest BCUT2D eigenvalue weighted by atomic mass is 10.1. The largest absolute Gasteiger partial charge is 0.368 e. The second-order valence-corrected chi connectivity index (χ2v) is 6.07. The van der Waals surface area contributed by atoms with Crippen LogP contribution >= 0.6 is 11.6 Å². The summed E-state index contributed by atoms with van der Waals surface area (Å²) in [4.78, 5) is 17.8. The summed E-state index contributed by atoms with van der Waals surface area (Å²) >= 11 is 6.14. The van der Waals surface area contributed by atoms with E-state index in [9.17, 15) is 4.79 Å². The Bertz CT molecular complexity index is 673. The highest BCUT2D eigenvalue weighted by Gasteiger charge is 2.34. The molecular weight excluding hydrogens is 302 g/mol. The number of rotatable bonds is 4. The van der Waals surface area contributed by atoms with E-state index in [2.05, 4.69) is 21.9 Å². The number of nitrogens with zero attached hydrogens (tertiary/aromatic N) is 4. The molecule has 7 heteroatoms. The van der Waals surface area contributed by atoms with Crippen molar-refractivity contribution in [2.75, 3.05) is 0 Å². The van der Waals surface area contributed by atoms with Gasteiger partial charge in [0.25, 0.3) is 0 Å². The predicted octanol–water partition coefficient (Wildman–Crippen LogP) is 1.76. The Morgan fingerprint density at radius 2 is 2.27 bits per heavy atom. The van der Waals surface area contributed by atoms with Crippen molar-refractivity contribution >= 4 is 17.5 Å². The van der Waals surface area contributed by atoms with Gasteiger partial charge in [-0.2, -0.15) is 5.10 Å². The van der Waals surface area contributed by atoms with Crippen molar-refractivity contribution in [3.8, 4) is 5.69 Å². The van der Waals surface area contributed by atoms with Crippen LogP contribution in [0.3, 0.4) is 0 Å². The summed E-state index contributed by atoms with van der Waals surface area (Å²) in [5.41, 5.74) is 7.44. The topological polar surface area (TPSA) is 77.0 Å². The number of hydrogen-bond acceptors (Lipinski definition) is 4. The lowest BCUT2D eigenvalue weighted by Gasteiger charge is -2.27. The van der Waals surface area contributed by atoms with Gasteiger partial charge in [0.1, 0.15) is 12.7 Å². The van der Waals surface area contributed by atoms with E-state index in [-0.39, 0.29) is 11.9 Å². The van der Waals surface area contributed by atoms with E-state index in [0.717, 1.165) is 24.1 Å². The number of benzene rings is 1. The molecule has 2 aromatic rings. The maximum absolute atomic E-state index is 11.7. The average Bonchev–Trinajstić information content (AvgIpc) is 3.10. The van der Waals surface area contributed by atoms with Gasteiger partial charge in [0.2, 0.25) is 5.91 Å². The number of likely N-dealkylation sites (tertiary alicyclic amines) is 1. The van der Waals surface area contributed by atoms with Crippen LogP contribution in [0.15, 0.2) is 30.9 Å². The molecule has 2 heterocycles. The quantitative estimate of drug-likeness (QED) is 0.931. The van der Waals surface area contributed by atoms with Crippen LogP contribution in [0, 0.1) is 0 Å². The first kappa shape index (κ1) is 15.0. The van der Waals surface area contributed by atoms with E-state index in [1.807, 2.05) is 18.2 Å². The van der Waals surface area contributed by atoms with Crippen molar-refractivity contribution in [3.05, 3.63) is 41.4 Å². The van der Waals surface area contributed by atoms with Crippen LogP contribution in [0.1, 0.15) is 25.3 Å². The van der Waals surface area contributed by atoms with Gasteiger partial charge in [-0.15, -0.1) is 0 Å². The highest BCUT2D eigenvalue weighted by molar-refractivity contribution is 6.30. The van der Waals surface area contributed by atoms with Crippen molar-refractivity contribution in [1.82, 2.24) is 19.7 Å². The van der Waals surface area contributed by atoms with Gasteiger partial charge in [0, 0.05) is 17.6 Å². The van der Waals surface area contributed by atoms with Crippen LogP contribution in [0.2, 0.25) is 5.02 Å². The fourth-order valence-electron chi connectivity index (χ4n) is 3.04. The zero-order valence-electron chi connectivity index (χ0n) is 12.3. The molecule has 1 aliphatic rings. The first-order chi connectivity index (χ1) is 10.6. The Kier molecular flexibility index (Phi) is 4.13. The Hall–Kier alpha value is -1.92. The van der Waals surface area contributed by atoms with Crippen LogP contribution in [0.25, 0.3) is 5.69 Å². The van der Waals surface area contributed by atoms with E-state index in [0.29, 0.717) is 17.6 Å². The third kappa shape index (κ3) is 2.84. The number of hydrogen-bond donors (Lipinski definition) is 1. The zero-order valence-corrected chi connectivity index (χ0v) is 13.1. The summed E-state index contributed by atoms with van der Waals surface area (Å²) < 4.78 is 1.70. The Morgan fingerprint density at radius 3 is 2.95 bits per heavy atom. The summed E-state index contributed by atoms with van der Waals surface area (Å²) in [5.74, 6) is -0.270. The van der Waals surface area contributed by atoms with Gasteiger partial charge in [-0.1, -0.05) is 11.6 Å². The normalized spacial score (nSPS) is 22.1. The molecule has 2 atom stereocenters. The molecule has 1 amide bonds. The van der Waals surface area contributed by atoms with Crippen molar-refractivity contribution in [2.45, 2.75) is 38.4 Å². The minimum absolute atomic E-state index is 0.224. The van der Waals surface area contributed by atoms with Crippen LogP contribution < -0.4 is 5.73 Å². The lowest BCUT2D eigenvalue weighted by Crippen LogP contribution is -2.42. The Labute approximate surface area is 133 Å². The molecule has 1 aromatic carbocycles. The minimum atomic E-state index is -0.270. The molecule has 1 unspecified atom stereocenters. The summed E-state index contributed by atoms with van der Waals surface area (Å²) in [6.45, 7) is 2.72. The molecule has 3 rings (SSSR count). The maximum Gasteiger partial charge on any atom is 0.234 e. The summed E-state index contributed by atoms with van der Waals surface area (Å²) in [7, 11) is 0. The second kappa shape index (κ2) is 6.06. The SMILES string of the molecule is CC1CC[C@@H](C(N)=O)N1Cc1cc(Cl)ccc1-n1cncn1. The molecule has 1 aromatic heterocycles. The number of aromatic nitrogens is 3. The summed E-state index contributed by atoms with van der Waals surface area (Å²) in [6.07, 6.45) is 4.90. The second-order valence-electron chi connectivity index (χ2n) is 5.63. The molecule has 1 fully saturated rings. The molecule has 1 saturated heterocycles. The Balaban J connectivity index is 1.94. The zero-order chi connectivity index (χ0) is 15.7. The molecule has 1 aliphatic heterocycles. The van der Waals surface area contributed by atoms with Crippen molar-refractivity contribution in [1.29, 1.82) is 0 Å². The molecule has 0 aliphatic carbocycles. The molecule has 6 nitrogen and oxygen atoms in total. The summed E-state index contributed by atoms with van der Waals surface area (Å²) in [5, 5.41) is 4.83. The van der Waals surface area contributed by atoms with E-state index in [1.54, 1.807) is 11.0 Å². The third-order valence-corrected chi connectivity index (χ3v) is 4.45.